The van der Waals surface area contributed by atoms with Crippen LogP contribution in [0.5, 0.6) is 0 Å². The molecule has 0 aliphatic heterocycles. The highest BCUT2D eigenvalue weighted by Crippen LogP contribution is 2.20. The van der Waals surface area contributed by atoms with Crippen molar-refractivity contribution in [2.24, 2.45) is 0 Å². The minimum atomic E-state index is -3.46. The third-order valence-electron chi connectivity index (χ3n) is 4.36. The molecule has 0 spiro atoms. The van der Waals surface area contributed by atoms with Crippen LogP contribution in [-0.2, 0) is 15.6 Å². The first-order chi connectivity index (χ1) is 12.9. The minimum Gasteiger partial charge on any atom is -0.311 e. The molecule has 0 aliphatic rings. The lowest BCUT2D eigenvalue weighted by Crippen LogP contribution is -2.26. The van der Waals surface area contributed by atoms with Gasteiger partial charge in [0.2, 0.25) is 0 Å². The van der Waals surface area contributed by atoms with E-state index in [2.05, 4.69) is 0 Å². The molecule has 0 unspecified atom stereocenters. The van der Waals surface area contributed by atoms with Crippen molar-refractivity contribution in [2.45, 2.75) is 17.6 Å². The smallest absolute Gasteiger partial charge is 0.258 e. The third-order valence-corrected chi connectivity index (χ3v) is 6.06. The molecule has 27 heavy (non-hydrogen) atoms. The predicted molar refractivity (Wildman–Crippen MR) is 108 cm³/mol. The number of hydrogen-bond donors (Lipinski definition) is 0. The van der Waals surface area contributed by atoms with Gasteiger partial charge in [0.25, 0.3) is 5.91 Å². The number of hydrogen-bond acceptors (Lipinski definition) is 3. The summed E-state index contributed by atoms with van der Waals surface area (Å²) in [5.41, 5.74) is 2.95. The normalized spacial score (nSPS) is 11.2. The molecule has 3 rings (SSSR count). The quantitative estimate of drug-likeness (QED) is 0.666. The number of nitrogens with zero attached hydrogens (tertiary/aromatic N) is 1. The number of carbonyl (C=O) groups excluding carboxylic acids is 1. The molecule has 0 fully saturated rings. The summed E-state index contributed by atoms with van der Waals surface area (Å²) in [6, 6.07) is 22.8. The van der Waals surface area contributed by atoms with Crippen molar-refractivity contribution in [1.29, 1.82) is 0 Å². The van der Waals surface area contributed by atoms with Gasteiger partial charge in [-0.3, -0.25) is 4.79 Å². The summed E-state index contributed by atoms with van der Waals surface area (Å²) < 4.78 is 25.1. The lowest BCUT2D eigenvalue weighted by molar-refractivity contribution is 0.0993. The third kappa shape index (κ3) is 4.44. The van der Waals surface area contributed by atoms with Crippen LogP contribution in [0, 0.1) is 6.92 Å². The number of carbonyl (C=O) groups is 1. The van der Waals surface area contributed by atoms with Crippen molar-refractivity contribution in [3.8, 4) is 0 Å². The summed E-state index contributed by atoms with van der Waals surface area (Å²) in [6.45, 7) is 1.99. The fraction of sp³-hybridized carbons (Fsp3) is 0.136. The van der Waals surface area contributed by atoms with Gasteiger partial charge in [0.05, 0.1) is 10.6 Å². The average molecular weight is 379 g/mol. The van der Waals surface area contributed by atoms with E-state index in [-0.39, 0.29) is 16.6 Å². The van der Waals surface area contributed by atoms with Gasteiger partial charge in [-0.15, -0.1) is 0 Å². The summed E-state index contributed by atoms with van der Waals surface area (Å²) in [6.07, 6.45) is 0. The molecule has 0 aliphatic carbocycles. The molecule has 0 bridgehead atoms. The maximum absolute atomic E-state index is 12.8. The van der Waals surface area contributed by atoms with E-state index in [4.69, 9.17) is 0 Å². The molecular weight excluding hydrogens is 358 g/mol. The number of aryl methyl sites for hydroxylation is 1. The second kappa shape index (κ2) is 7.76. The van der Waals surface area contributed by atoms with Crippen molar-refractivity contribution in [2.75, 3.05) is 11.9 Å². The highest BCUT2D eigenvalue weighted by atomic mass is 32.2. The molecule has 138 valence electrons. The van der Waals surface area contributed by atoms with Crippen LogP contribution in [-0.4, -0.2) is 21.4 Å². The molecule has 0 atom stereocenters. The zero-order valence-electron chi connectivity index (χ0n) is 15.3. The molecule has 3 aromatic rings. The van der Waals surface area contributed by atoms with Crippen LogP contribution in [0.25, 0.3) is 0 Å². The van der Waals surface area contributed by atoms with Crippen LogP contribution < -0.4 is 4.90 Å². The highest BCUT2D eigenvalue weighted by molar-refractivity contribution is 7.90. The Morgan fingerprint density at radius 1 is 0.889 bits per heavy atom. The maximum Gasteiger partial charge on any atom is 0.258 e. The van der Waals surface area contributed by atoms with E-state index in [0.717, 1.165) is 11.3 Å². The van der Waals surface area contributed by atoms with Gasteiger partial charge in [-0.1, -0.05) is 48.0 Å². The molecule has 5 heteroatoms. The number of sulfone groups is 1. The maximum atomic E-state index is 12.8. The Morgan fingerprint density at radius 2 is 1.56 bits per heavy atom. The second-order valence-corrected chi connectivity index (χ2v) is 8.46. The molecule has 0 saturated heterocycles. The van der Waals surface area contributed by atoms with Crippen LogP contribution in [0.15, 0.2) is 83.8 Å². The number of anilines is 1. The Balaban J connectivity index is 1.83. The molecule has 0 radical (unpaired) electrons. The number of rotatable bonds is 5. The molecule has 1 amide bonds. The van der Waals surface area contributed by atoms with Crippen LogP contribution >= 0.6 is 0 Å². The van der Waals surface area contributed by atoms with Crippen LogP contribution in [0.4, 0.5) is 5.69 Å². The zero-order chi connectivity index (χ0) is 19.4. The minimum absolute atomic E-state index is 0.146. The Hall–Kier alpha value is -2.92. The summed E-state index contributed by atoms with van der Waals surface area (Å²) >= 11 is 0. The zero-order valence-corrected chi connectivity index (χ0v) is 16.1. The Kier molecular flexibility index (Phi) is 5.42. The topological polar surface area (TPSA) is 54.5 Å². The van der Waals surface area contributed by atoms with Crippen molar-refractivity contribution in [3.63, 3.8) is 0 Å². The first-order valence-corrected chi connectivity index (χ1v) is 10.2. The van der Waals surface area contributed by atoms with Crippen molar-refractivity contribution in [1.82, 2.24) is 0 Å². The molecule has 4 nitrogen and oxygen atoms in total. The molecule has 0 aromatic heterocycles. The van der Waals surface area contributed by atoms with Gasteiger partial charge in [-0.05, 0) is 48.9 Å². The van der Waals surface area contributed by atoms with Gasteiger partial charge in [0, 0.05) is 18.3 Å². The van der Waals surface area contributed by atoms with E-state index < -0.39 is 9.84 Å². The van der Waals surface area contributed by atoms with Crippen molar-refractivity contribution >= 4 is 21.4 Å². The van der Waals surface area contributed by atoms with E-state index in [1.54, 1.807) is 66.5 Å². The first-order valence-electron chi connectivity index (χ1n) is 8.58. The standard InChI is InChI=1S/C22H21NO3S/c1-17-11-13-20(14-12-17)23(2)22(24)19-8-6-7-18(15-19)16-27(25,26)21-9-4-3-5-10-21/h3-15H,16H2,1-2H3. The summed E-state index contributed by atoms with van der Waals surface area (Å²) in [4.78, 5) is 14.6. The molecule has 3 aromatic carbocycles. The van der Waals surface area contributed by atoms with Gasteiger partial charge in [0.1, 0.15) is 0 Å². The Labute approximate surface area is 160 Å². The lowest BCUT2D eigenvalue weighted by Gasteiger charge is -2.18. The van der Waals surface area contributed by atoms with E-state index in [9.17, 15) is 13.2 Å². The summed E-state index contributed by atoms with van der Waals surface area (Å²) in [5.74, 6) is -0.329. The second-order valence-electron chi connectivity index (χ2n) is 6.47. The van der Waals surface area contributed by atoms with Gasteiger partial charge < -0.3 is 4.90 Å². The molecule has 0 heterocycles. The van der Waals surface area contributed by atoms with Crippen LogP contribution in [0.2, 0.25) is 0 Å². The van der Waals surface area contributed by atoms with E-state index in [1.165, 1.54) is 0 Å². The molecular formula is C22H21NO3S. The Morgan fingerprint density at radius 3 is 2.22 bits per heavy atom. The molecule has 0 N–H and O–H groups in total. The SMILES string of the molecule is Cc1ccc(N(C)C(=O)c2cccc(CS(=O)(=O)c3ccccc3)c2)cc1. The summed E-state index contributed by atoms with van der Waals surface area (Å²) in [7, 11) is -1.75. The summed E-state index contributed by atoms with van der Waals surface area (Å²) in [5, 5.41) is 0. The van der Waals surface area contributed by atoms with Crippen molar-refractivity contribution in [3.05, 3.63) is 95.6 Å². The largest absolute Gasteiger partial charge is 0.311 e. The Bertz CT molecular complexity index is 1040. The number of amides is 1. The van der Waals surface area contributed by atoms with E-state index in [1.807, 2.05) is 31.2 Å². The van der Waals surface area contributed by atoms with Crippen LogP contribution in [0.1, 0.15) is 21.5 Å². The van der Waals surface area contributed by atoms with E-state index in [0.29, 0.717) is 11.1 Å². The first kappa shape index (κ1) is 18.9. The van der Waals surface area contributed by atoms with Gasteiger partial charge in [-0.2, -0.15) is 0 Å². The fourth-order valence-corrected chi connectivity index (χ4v) is 4.16. The average Bonchev–Trinajstić information content (AvgIpc) is 2.68. The predicted octanol–water partition coefficient (Wildman–Crippen LogP) is 4.25. The van der Waals surface area contributed by atoms with Gasteiger partial charge >= 0.3 is 0 Å². The number of benzene rings is 3. The lowest BCUT2D eigenvalue weighted by atomic mass is 10.1. The van der Waals surface area contributed by atoms with E-state index >= 15 is 0 Å². The van der Waals surface area contributed by atoms with Gasteiger partial charge in [-0.25, -0.2) is 8.42 Å². The van der Waals surface area contributed by atoms with Gasteiger partial charge in [0.15, 0.2) is 9.84 Å². The monoisotopic (exact) mass is 379 g/mol. The fourth-order valence-electron chi connectivity index (χ4n) is 2.80. The van der Waals surface area contributed by atoms with Crippen LogP contribution in [0.3, 0.4) is 0 Å². The van der Waals surface area contributed by atoms with Crippen molar-refractivity contribution < 1.29 is 13.2 Å². The molecule has 0 saturated carbocycles. The highest BCUT2D eigenvalue weighted by Gasteiger charge is 2.18.